The van der Waals surface area contributed by atoms with E-state index in [1.165, 1.54) is 18.4 Å². The second-order valence-electron chi connectivity index (χ2n) is 2.88. The van der Waals surface area contributed by atoms with Gasteiger partial charge in [0.15, 0.2) is 0 Å². The van der Waals surface area contributed by atoms with Crippen LogP contribution in [0.15, 0.2) is 22.7 Å². The Labute approximate surface area is 101 Å². The molecule has 0 amide bonds. The molecule has 13 heavy (non-hydrogen) atoms. The summed E-state index contributed by atoms with van der Waals surface area (Å²) in [5, 5.41) is 1.87. The lowest BCUT2D eigenvalue weighted by Crippen LogP contribution is -1.87. The molecule has 0 N–H and O–H groups in total. The van der Waals surface area contributed by atoms with Crippen molar-refractivity contribution in [1.29, 1.82) is 0 Å². The Morgan fingerprint density at radius 2 is 2.00 bits per heavy atom. The van der Waals surface area contributed by atoms with Gasteiger partial charge in [-0.05, 0) is 37.0 Å². The molecule has 0 atom stereocenters. The second kappa shape index (κ2) is 6.05. The topological polar surface area (TPSA) is 0 Å². The van der Waals surface area contributed by atoms with E-state index in [9.17, 15) is 0 Å². The summed E-state index contributed by atoms with van der Waals surface area (Å²) in [6.07, 6.45) is 3.55. The summed E-state index contributed by atoms with van der Waals surface area (Å²) >= 11 is 12.8. The van der Waals surface area contributed by atoms with Gasteiger partial charge in [-0.1, -0.05) is 49.5 Å². The van der Waals surface area contributed by atoms with E-state index in [0.29, 0.717) is 0 Å². The molecular weight excluding hydrogens is 315 g/mol. The summed E-state index contributed by atoms with van der Waals surface area (Å²) in [7, 11) is 0. The van der Waals surface area contributed by atoms with Crippen molar-refractivity contribution >= 4 is 43.5 Å². The molecule has 0 aliphatic heterocycles. The van der Waals surface area contributed by atoms with Gasteiger partial charge in [-0.25, -0.2) is 0 Å². The summed E-state index contributed by atoms with van der Waals surface area (Å²) in [6.45, 7) is 0. The van der Waals surface area contributed by atoms with Crippen LogP contribution in [0.3, 0.4) is 0 Å². The average Bonchev–Trinajstić information content (AvgIpc) is 2.09. The largest absolute Gasteiger partial charge is 0.0928 e. The van der Waals surface area contributed by atoms with Crippen LogP contribution in [0.5, 0.6) is 0 Å². The minimum Gasteiger partial charge on any atom is -0.0928 e. The molecule has 0 radical (unpaired) electrons. The van der Waals surface area contributed by atoms with Crippen molar-refractivity contribution in [2.45, 2.75) is 19.3 Å². The smallest absolute Gasteiger partial charge is 0.0417 e. The van der Waals surface area contributed by atoms with Gasteiger partial charge in [-0.15, -0.1) is 0 Å². The molecule has 0 saturated carbocycles. The van der Waals surface area contributed by atoms with E-state index in [1.807, 2.05) is 12.1 Å². The van der Waals surface area contributed by atoms with E-state index in [1.54, 1.807) is 0 Å². The minimum atomic E-state index is 0.788. The van der Waals surface area contributed by atoms with Crippen molar-refractivity contribution in [1.82, 2.24) is 0 Å². The standard InChI is InChI=1S/C10H11Br2Cl/c11-6-2-1-3-8-4-5-9(13)7-10(8)12/h4-5,7H,1-3,6H2. The summed E-state index contributed by atoms with van der Waals surface area (Å²) < 4.78 is 1.12. The SMILES string of the molecule is Clc1ccc(CCCCBr)c(Br)c1. The van der Waals surface area contributed by atoms with Crippen LogP contribution in [0, 0.1) is 0 Å². The van der Waals surface area contributed by atoms with Crippen molar-refractivity contribution in [2.75, 3.05) is 5.33 Å². The normalized spacial score (nSPS) is 10.4. The molecule has 0 bridgehead atoms. The van der Waals surface area contributed by atoms with Gasteiger partial charge >= 0.3 is 0 Å². The highest BCUT2D eigenvalue weighted by molar-refractivity contribution is 9.10. The molecule has 0 fully saturated rings. The summed E-state index contributed by atoms with van der Waals surface area (Å²) in [6, 6.07) is 5.97. The maximum Gasteiger partial charge on any atom is 0.0417 e. The number of aryl methyl sites for hydroxylation is 1. The first-order valence-corrected chi connectivity index (χ1v) is 6.53. The van der Waals surface area contributed by atoms with Gasteiger partial charge in [-0.2, -0.15) is 0 Å². The van der Waals surface area contributed by atoms with Crippen LogP contribution in [-0.4, -0.2) is 5.33 Å². The van der Waals surface area contributed by atoms with Crippen LogP contribution in [0.2, 0.25) is 5.02 Å². The summed E-state index contributed by atoms with van der Waals surface area (Å²) in [4.78, 5) is 0. The van der Waals surface area contributed by atoms with Gasteiger partial charge in [-0.3, -0.25) is 0 Å². The molecule has 3 heteroatoms. The van der Waals surface area contributed by atoms with Crippen LogP contribution >= 0.6 is 43.5 Å². The number of benzene rings is 1. The van der Waals surface area contributed by atoms with Crippen LogP contribution in [0.4, 0.5) is 0 Å². The highest BCUT2D eigenvalue weighted by atomic mass is 79.9. The zero-order chi connectivity index (χ0) is 9.68. The fourth-order valence-corrected chi connectivity index (χ4v) is 2.41. The van der Waals surface area contributed by atoms with E-state index in [0.717, 1.165) is 21.2 Å². The molecule has 0 aliphatic rings. The van der Waals surface area contributed by atoms with Gasteiger partial charge in [0.2, 0.25) is 0 Å². The lowest BCUT2D eigenvalue weighted by molar-refractivity contribution is 0.803. The molecule has 0 spiro atoms. The molecule has 0 aliphatic carbocycles. The number of alkyl halides is 1. The zero-order valence-corrected chi connectivity index (χ0v) is 11.1. The molecule has 0 heterocycles. The quantitative estimate of drug-likeness (QED) is 0.550. The molecule has 1 aromatic rings. The third-order valence-corrected chi connectivity index (χ3v) is 3.38. The van der Waals surface area contributed by atoms with Gasteiger partial charge in [0.05, 0.1) is 0 Å². The Hall–Kier alpha value is 0.470. The Bertz CT molecular complexity index is 274. The highest BCUT2D eigenvalue weighted by Gasteiger charge is 1.99. The first kappa shape index (κ1) is 11.5. The van der Waals surface area contributed by atoms with Crippen molar-refractivity contribution in [2.24, 2.45) is 0 Å². The average molecular weight is 326 g/mol. The highest BCUT2D eigenvalue weighted by Crippen LogP contribution is 2.22. The molecule has 0 aromatic heterocycles. The zero-order valence-electron chi connectivity index (χ0n) is 7.19. The van der Waals surface area contributed by atoms with Crippen molar-refractivity contribution < 1.29 is 0 Å². The predicted molar refractivity (Wildman–Crippen MR) is 65.9 cm³/mol. The van der Waals surface area contributed by atoms with Crippen LogP contribution in [0.25, 0.3) is 0 Å². The van der Waals surface area contributed by atoms with Gasteiger partial charge in [0, 0.05) is 14.8 Å². The maximum absolute atomic E-state index is 5.84. The van der Waals surface area contributed by atoms with Crippen molar-refractivity contribution in [3.8, 4) is 0 Å². The van der Waals surface area contributed by atoms with E-state index >= 15 is 0 Å². The second-order valence-corrected chi connectivity index (χ2v) is 4.97. The monoisotopic (exact) mass is 324 g/mol. The first-order valence-electron chi connectivity index (χ1n) is 4.24. The lowest BCUT2D eigenvalue weighted by Gasteiger charge is -2.03. The van der Waals surface area contributed by atoms with E-state index in [4.69, 9.17) is 11.6 Å². The molecule has 1 aromatic carbocycles. The van der Waals surface area contributed by atoms with Crippen LogP contribution in [-0.2, 0) is 6.42 Å². The lowest BCUT2D eigenvalue weighted by atomic mass is 10.1. The Morgan fingerprint density at radius 3 is 2.62 bits per heavy atom. The molecule has 72 valence electrons. The Kier molecular flexibility index (Phi) is 5.37. The fraction of sp³-hybridized carbons (Fsp3) is 0.400. The molecule has 0 unspecified atom stereocenters. The van der Waals surface area contributed by atoms with E-state index in [-0.39, 0.29) is 0 Å². The third kappa shape index (κ3) is 4.01. The third-order valence-electron chi connectivity index (χ3n) is 1.84. The number of hydrogen-bond donors (Lipinski definition) is 0. The number of rotatable bonds is 4. The molecular formula is C10H11Br2Cl. The number of hydrogen-bond acceptors (Lipinski definition) is 0. The van der Waals surface area contributed by atoms with Crippen LogP contribution < -0.4 is 0 Å². The Morgan fingerprint density at radius 1 is 1.23 bits per heavy atom. The fourth-order valence-electron chi connectivity index (χ4n) is 1.13. The van der Waals surface area contributed by atoms with Crippen molar-refractivity contribution in [3.63, 3.8) is 0 Å². The van der Waals surface area contributed by atoms with Gasteiger partial charge in [0.1, 0.15) is 0 Å². The Balaban J connectivity index is 2.56. The predicted octanol–water partition coefficient (Wildman–Crippen LogP) is 4.82. The minimum absolute atomic E-state index is 0.788. The first-order chi connectivity index (χ1) is 6.24. The van der Waals surface area contributed by atoms with E-state index in [2.05, 4.69) is 37.9 Å². The molecule has 1 rings (SSSR count). The van der Waals surface area contributed by atoms with Crippen molar-refractivity contribution in [3.05, 3.63) is 33.3 Å². The molecule has 0 nitrogen and oxygen atoms in total. The summed E-state index contributed by atoms with van der Waals surface area (Å²) in [5.74, 6) is 0. The van der Waals surface area contributed by atoms with E-state index < -0.39 is 0 Å². The van der Waals surface area contributed by atoms with Crippen LogP contribution in [0.1, 0.15) is 18.4 Å². The van der Waals surface area contributed by atoms with Gasteiger partial charge < -0.3 is 0 Å². The summed E-state index contributed by atoms with van der Waals surface area (Å²) in [5.41, 5.74) is 1.34. The number of unbranched alkanes of at least 4 members (excludes halogenated alkanes) is 1. The number of halogens is 3. The molecule has 0 saturated heterocycles. The van der Waals surface area contributed by atoms with Gasteiger partial charge in [0.25, 0.3) is 0 Å². The maximum atomic E-state index is 5.84.